The van der Waals surface area contributed by atoms with E-state index in [9.17, 15) is 18.4 Å². The van der Waals surface area contributed by atoms with Crippen molar-refractivity contribution < 1.29 is 33.0 Å². The molecule has 6 aromatic rings. The van der Waals surface area contributed by atoms with Gasteiger partial charge in [-0.15, -0.1) is 0 Å². The van der Waals surface area contributed by atoms with E-state index in [0.29, 0.717) is 17.1 Å². The third-order valence-electron chi connectivity index (χ3n) is 7.97. The Morgan fingerprint density at radius 1 is 0.649 bits per heavy atom. The van der Waals surface area contributed by atoms with Crippen LogP contribution in [0.3, 0.4) is 0 Å². The number of rotatable bonds is 11. The van der Waals surface area contributed by atoms with E-state index < -0.39 is 11.8 Å². The quantitative estimate of drug-likeness (QED) is 0.111. The standard InChI is InChI=1S/C23H21FN2O2.C14H16N2O.C9H7FO2/c1-16-10-12-21(15-25-16)28-20-8-5-7-19(14-20)17(2)26-23(27)13-11-18-6-3-4-9-22(18)24;1-10-6-7-14(9-16-10)17-13-5-3-4-12(8-13)11(2)15;10-8-4-2-1-3-7(8)5-6-9(11)12/h3-15,17H,1-2H3,(H,26,27);3-9,11H,15H2,1-2H3;1-6H,(H,11,12)/b13-11+;;6-5+/t17-;11-;/m00./s1. The molecule has 0 spiro atoms. The molecule has 0 bridgehead atoms. The molecule has 0 radical (unpaired) electrons. The molecule has 2 atom stereocenters. The van der Waals surface area contributed by atoms with Gasteiger partial charge in [-0.05, 0) is 112 Å². The number of carbonyl (C=O) groups is 2. The fourth-order valence-corrected chi connectivity index (χ4v) is 4.90. The van der Waals surface area contributed by atoms with Gasteiger partial charge in [0.15, 0.2) is 0 Å². The van der Waals surface area contributed by atoms with Gasteiger partial charge in [0.1, 0.15) is 34.6 Å². The van der Waals surface area contributed by atoms with Crippen molar-refractivity contribution in [3.05, 3.63) is 191 Å². The highest BCUT2D eigenvalue weighted by molar-refractivity contribution is 5.92. The van der Waals surface area contributed by atoms with Crippen LogP contribution in [-0.4, -0.2) is 27.0 Å². The number of carboxylic acid groups (broad SMARTS) is 1. The van der Waals surface area contributed by atoms with Crippen LogP contribution in [0.5, 0.6) is 23.0 Å². The van der Waals surface area contributed by atoms with Crippen molar-refractivity contribution in [1.82, 2.24) is 15.3 Å². The molecule has 0 saturated carbocycles. The van der Waals surface area contributed by atoms with Crippen LogP contribution in [0.25, 0.3) is 12.2 Å². The maximum absolute atomic E-state index is 13.6. The molecule has 11 heteroatoms. The van der Waals surface area contributed by atoms with E-state index in [0.717, 1.165) is 40.1 Å². The zero-order chi connectivity index (χ0) is 41.2. The number of benzene rings is 4. The molecule has 6 rings (SSSR count). The Bertz CT molecular complexity index is 2280. The minimum atomic E-state index is -1.08. The van der Waals surface area contributed by atoms with Crippen LogP contribution in [0, 0.1) is 25.5 Å². The molecular weight excluding hydrogens is 727 g/mol. The molecule has 1 amide bonds. The van der Waals surface area contributed by atoms with Gasteiger partial charge in [-0.3, -0.25) is 14.8 Å². The third kappa shape index (κ3) is 15.0. The van der Waals surface area contributed by atoms with E-state index in [1.54, 1.807) is 42.7 Å². The maximum Gasteiger partial charge on any atom is 0.328 e. The summed E-state index contributed by atoms with van der Waals surface area (Å²) in [7, 11) is 0. The number of pyridine rings is 2. The number of aromatic nitrogens is 2. The Morgan fingerprint density at radius 2 is 1.12 bits per heavy atom. The Morgan fingerprint density at radius 3 is 1.58 bits per heavy atom. The van der Waals surface area contributed by atoms with Gasteiger partial charge in [0, 0.05) is 40.7 Å². The summed E-state index contributed by atoms with van der Waals surface area (Å²) in [4.78, 5) is 30.6. The maximum atomic E-state index is 13.6. The van der Waals surface area contributed by atoms with Crippen LogP contribution in [0.4, 0.5) is 8.78 Å². The van der Waals surface area contributed by atoms with Crippen molar-refractivity contribution in [2.45, 2.75) is 39.8 Å². The Hall–Kier alpha value is -6.98. The summed E-state index contributed by atoms with van der Waals surface area (Å²) in [6.45, 7) is 7.68. The largest absolute Gasteiger partial charge is 0.478 e. The summed E-state index contributed by atoms with van der Waals surface area (Å²) in [6, 6.07) is 34.9. The first-order chi connectivity index (χ1) is 27.4. The van der Waals surface area contributed by atoms with Crippen molar-refractivity contribution in [2.75, 3.05) is 0 Å². The Labute approximate surface area is 331 Å². The average molecular weight is 771 g/mol. The number of halogens is 2. The fraction of sp³-hybridized carbons (Fsp3) is 0.130. The van der Waals surface area contributed by atoms with Gasteiger partial charge < -0.3 is 25.6 Å². The highest BCUT2D eigenvalue weighted by Gasteiger charge is 2.10. The number of aryl methyl sites for hydroxylation is 2. The van der Waals surface area contributed by atoms with E-state index >= 15 is 0 Å². The van der Waals surface area contributed by atoms with Gasteiger partial charge in [-0.2, -0.15) is 0 Å². The minimum Gasteiger partial charge on any atom is -0.478 e. The predicted molar refractivity (Wildman–Crippen MR) is 219 cm³/mol. The monoisotopic (exact) mass is 770 g/mol. The first kappa shape index (κ1) is 42.8. The molecule has 9 nitrogen and oxygen atoms in total. The van der Waals surface area contributed by atoms with E-state index in [2.05, 4.69) is 15.3 Å². The molecule has 0 saturated heterocycles. The van der Waals surface area contributed by atoms with Gasteiger partial charge in [0.05, 0.1) is 18.4 Å². The second-order valence-corrected chi connectivity index (χ2v) is 12.7. The van der Waals surface area contributed by atoms with Gasteiger partial charge in [0.2, 0.25) is 5.91 Å². The van der Waals surface area contributed by atoms with E-state index in [1.165, 1.54) is 36.4 Å². The molecule has 0 unspecified atom stereocenters. The lowest BCUT2D eigenvalue weighted by Crippen LogP contribution is -2.24. The number of aliphatic carboxylic acids is 1. The predicted octanol–water partition coefficient (Wildman–Crippen LogP) is 10.3. The molecular formula is C46H44F2N4O5. The summed E-state index contributed by atoms with van der Waals surface area (Å²) in [5.41, 5.74) is 10.3. The number of hydrogen-bond donors (Lipinski definition) is 3. The lowest BCUT2D eigenvalue weighted by atomic mass is 10.1. The molecule has 4 aromatic carbocycles. The zero-order valence-electron chi connectivity index (χ0n) is 32.0. The van der Waals surface area contributed by atoms with Crippen LogP contribution < -0.4 is 20.5 Å². The van der Waals surface area contributed by atoms with Crippen molar-refractivity contribution in [3.63, 3.8) is 0 Å². The highest BCUT2D eigenvalue weighted by Crippen LogP contribution is 2.25. The first-order valence-electron chi connectivity index (χ1n) is 17.9. The van der Waals surface area contributed by atoms with Crippen molar-refractivity contribution in [2.24, 2.45) is 5.73 Å². The second-order valence-electron chi connectivity index (χ2n) is 12.7. The van der Waals surface area contributed by atoms with E-state index in [1.807, 2.05) is 100 Å². The summed E-state index contributed by atoms with van der Waals surface area (Å²) in [6.07, 6.45) is 8.29. The summed E-state index contributed by atoms with van der Waals surface area (Å²) >= 11 is 0. The number of nitrogens with one attached hydrogen (secondary N) is 1. The second kappa shape index (κ2) is 21.8. The number of amides is 1. The van der Waals surface area contributed by atoms with Crippen LogP contribution in [0.1, 0.15) is 59.6 Å². The van der Waals surface area contributed by atoms with E-state index in [4.69, 9.17) is 20.3 Å². The number of carbonyl (C=O) groups excluding carboxylic acids is 1. The Balaban J connectivity index is 0.000000210. The lowest BCUT2D eigenvalue weighted by Gasteiger charge is -2.14. The van der Waals surface area contributed by atoms with Crippen molar-refractivity contribution in [1.29, 1.82) is 0 Å². The molecule has 0 aliphatic rings. The van der Waals surface area contributed by atoms with Crippen LogP contribution in [-0.2, 0) is 9.59 Å². The molecule has 0 fully saturated rings. The molecule has 2 aromatic heterocycles. The number of carboxylic acids is 1. The van der Waals surface area contributed by atoms with Gasteiger partial charge in [-0.1, -0.05) is 60.7 Å². The van der Waals surface area contributed by atoms with Crippen LogP contribution >= 0.6 is 0 Å². The molecule has 0 aliphatic heterocycles. The molecule has 0 aliphatic carbocycles. The zero-order valence-corrected chi connectivity index (χ0v) is 32.0. The van der Waals surface area contributed by atoms with E-state index in [-0.39, 0.29) is 29.4 Å². The topological polar surface area (TPSA) is 137 Å². The number of nitrogens with zero attached hydrogens (tertiary/aromatic N) is 2. The van der Waals surface area contributed by atoms with Gasteiger partial charge >= 0.3 is 5.97 Å². The van der Waals surface area contributed by atoms with Gasteiger partial charge in [-0.25, -0.2) is 13.6 Å². The van der Waals surface area contributed by atoms with Crippen molar-refractivity contribution in [3.8, 4) is 23.0 Å². The molecule has 57 heavy (non-hydrogen) atoms. The SMILES string of the molecule is Cc1ccc(Oc2cccc([C@H](C)N)c2)cn1.Cc1ccc(Oc2cccc([C@H](C)NC(=O)/C=C/c3ccccc3F)c2)cn1.O=C(O)/C=C/c1ccccc1F. The van der Waals surface area contributed by atoms with Crippen LogP contribution in [0.2, 0.25) is 0 Å². The lowest BCUT2D eigenvalue weighted by molar-refractivity contribution is -0.131. The number of nitrogens with two attached hydrogens (primary N) is 1. The fourth-order valence-electron chi connectivity index (χ4n) is 4.90. The molecule has 4 N–H and O–H groups in total. The third-order valence-corrected chi connectivity index (χ3v) is 7.97. The van der Waals surface area contributed by atoms with Crippen LogP contribution in [0.15, 0.2) is 146 Å². The average Bonchev–Trinajstić information content (AvgIpc) is 3.20. The first-order valence-corrected chi connectivity index (χ1v) is 17.9. The normalized spacial score (nSPS) is 11.7. The number of hydrogen-bond acceptors (Lipinski definition) is 7. The molecule has 2 heterocycles. The number of ether oxygens (including phenoxy) is 2. The van der Waals surface area contributed by atoms with Crippen molar-refractivity contribution >= 4 is 24.0 Å². The van der Waals surface area contributed by atoms with Gasteiger partial charge in [0.25, 0.3) is 0 Å². The molecule has 292 valence electrons. The summed E-state index contributed by atoms with van der Waals surface area (Å²) < 4.78 is 37.9. The summed E-state index contributed by atoms with van der Waals surface area (Å²) in [5, 5.41) is 11.1. The highest BCUT2D eigenvalue weighted by atomic mass is 19.1. The minimum absolute atomic E-state index is 0.00897. The summed E-state index contributed by atoms with van der Waals surface area (Å²) in [5.74, 6) is 0.648. The Kier molecular flexibility index (Phi) is 16.3. The smallest absolute Gasteiger partial charge is 0.328 e.